The monoisotopic (exact) mass is 499 g/mol. The lowest BCUT2D eigenvalue weighted by molar-refractivity contribution is -0.141. The summed E-state index contributed by atoms with van der Waals surface area (Å²) in [5, 5.41) is 2.01. The molecule has 1 amide bonds. The summed E-state index contributed by atoms with van der Waals surface area (Å²) >= 11 is 0. The van der Waals surface area contributed by atoms with Crippen molar-refractivity contribution in [3.8, 4) is 17.5 Å². The molecule has 3 aliphatic rings. The van der Waals surface area contributed by atoms with Gasteiger partial charge in [0.2, 0.25) is 0 Å². The Hall–Kier alpha value is -3.98. The maximum atomic E-state index is 12.7. The molecule has 1 spiro atoms. The summed E-state index contributed by atoms with van der Waals surface area (Å²) in [6, 6.07) is 10.4. The van der Waals surface area contributed by atoms with Crippen molar-refractivity contribution in [2.45, 2.75) is 38.4 Å². The Morgan fingerprint density at radius 1 is 0.973 bits per heavy atom. The van der Waals surface area contributed by atoms with E-state index in [0.29, 0.717) is 18.2 Å². The molecule has 0 N–H and O–H groups in total. The van der Waals surface area contributed by atoms with E-state index in [1.165, 1.54) is 0 Å². The third-order valence-electron chi connectivity index (χ3n) is 7.01. The van der Waals surface area contributed by atoms with Gasteiger partial charge in [-0.15, -0.1) is 0 Å². The van der Waals surface area contributed by atoms with Crippen molar-refractivity contribution < 1.29 is 19.0 Å². The molecule has 0 bridgehead atoms. The van der Waals surface area contributed by atoms with Gasteiger partial charge in [-0.2, -0.15) is 0 Å². The lowest BCUT2D eigenvalue weighted by atomic mass is 9.89. The maximum absolute atomic E-state index is 12.7. The number of rotatable bonds is 6. The molecule has 6 rings (SSSR count). The molecule has 2 aliphatic heterocycles. The average molecular weight is 500 g/mol. The minimum atomic E-state index is -0.378. The Morgan fingerprint density at radius 2 is 1.73 bits per heavy atom. The Morgan fingerprint density at radius 3 is 2.41 bits per heavy atom. The SMILES string of the molecule is CC(C)Oc1ncc(N2CC3(CCN(c4ccc(Oc5ccnc6c5=CC=6)cc4)CC3)OCC2=O)cn1. The molecule has 0 radical (unpaired) electrons. The zero-order valence-corrected chi connectivity index (χ0v) is 21.0. The first-order chi connectivity index (χ1) is 18.0. The number of hydrogen-bond donors (Lipinski definition) is 0. The van der Waals surface area contributed by atoms with Crippen LogP contribution >= 0.6 is 0 Å². The van der Waals surface area contributed by atoms with E-state index in [1.54, 1.807) is 23.5 Å². The Bertz CT molecular complexity index is 1410. The van der Waals surface area contributed by atoms with Crippen LogP contribution in [0.2, 0.25) is 0 Å². The van der Waals surface area contributed by atoms with Crippen LogP contribution in [0.15, 0.2) is 48.9 Å². The van der Waals surface area contributed by atoms with Crippen molar-refractivity contribution in [3.05, 3.63) is 59.5 Å². The van der Waals surface area contributed by atoms with Gasteiger partial charge >= 0.3 is 6.01 Å². The van der Waals surface area contributed by atoms with E-state index in [4.69, 9.17) is 14.2 Å². The number of amides is 1. The van der Waals surface area contributed by atoms with Gasteiger partial charge in [-0.05, 0) is 69.2 Å². The van der Waals surface area contributed by atoms with Crippen LogP contribution in [0.4, 0.5) is 11.4 Å². The number of aromatic nitrogens is 3. The minimum Gasteiger partial charge on any atom is -0.461 e. The quantitative estimate of drug-likeness (QED) is 0.511. The van der Waals surface area contributed by atoms with E-state index in [-0.39, 0.29) is 24.2 Å². The molecule has 0 unspecified atom stereocenters. The number of fused-ring (bicyclic) bond motifs is 1. The first kappa shape index (κ1) is 23.4. The number of hydrogen-bond acceptors (Lipinski definition) is 8. The summed E-state index contributed by atoms with van der Waals surface area (Å²) in [6.45, 7) is 6.07. The Labute approximate surface area is 215 Å². The molecule has 0 atom stereocenters. The zero-order chi connectivity index (χ0) is 25.4. The van der Waals surface area contributed by atoms with Gasteiger partial charge in [-0.3, -0.25) is 9.78 Å². The van der Waals surface area contributed by atoms with Crippen LogP contribution in [0.5, 0.6) is 17.5 Å². The molecule has 190 valence electrons. The number of piperidine rings is 1. The molecule has 1 aromatic carbocycles. The lowest BCUT2D eigenvalue weighted by Crippen LogP contribution is -2.59. The van der Waals surface area contributed by atoms with Gasteiger partial charge in [0.15, 0.2) is 0 Å². The van der Waals surface area contributed by atoms with Crippen LogP contribution in [0, 0.1) is 0 Å². The second-order valence-electron chi connectivity index (χ2n) is 9.87. The third kappa shape index (κ3) is 4.74. The molecule has 9 heteroatoms. The van der Waals surface area contributed by atoms with E-state index in [0.717, 1.165) is 53.7 Å². The first-order valence-electron chi connectivity index (χ1n) is 12.6. The smallest absolute Gasteiger partial charge is 0.316 e. The molecule has 37 heavy (non-hydrogen) atoms. The number of benzene rings is 1. The van der Waals surface area contributed by atoms with E-state index < -0.39 is 0 Å². The average Bonchev–Trinajstić information content (AvgIpc) is 2.88. The topological polar surface area (TPSA) is 89.9 Å². The summed E-state index contributed by atoms with van der Waals surface area (Å²) in [7, 11) is 0. The number of carbonyl (C=O) groups excluding carboxylic acids is 1. The van der Waals surface area contributed by atoms with Crippen molar-refractivity contribution in [1.29, 1.82) is 0 Å². The second-order valence-corrected chi connectivity index (χ2v) is 9.87. The number of pyridine rings is 1. The fourth-order valence-corrected chi connectivity index (χ4v) is 4.92. The van der Waals surface area contributed by atoms with Crippen molar-refractivity contribution in [1.82, 2.24) is 15.0 Å². The van der Waals surface area contributed by atoms with Crippen LogP contribution in [0.25, 0.3) is 12.2 Å². The molecular weight excluding hydrogens is 470 g/mol. The number of morpholine rings is 1. The number of nitrogens with zero attached hydrogens (tertiary/aromatic N) is 5. The van der Waals surface area contributed by atoms with Crippen molar-refractivity contribution in [2.24, 2.45) is 0 Å². The lowest BCUT2D eigenvalue weighted by Gasteiger charge is -2.47. The molecule has 9 nitrogen and oxygen atoms in total. The van der Waals surface area contributed by atoms with Gasteiger partial charge in [0.05, 0.1) is 41.7 Å². The highest BCUT2D eigenvalue weighted by molar-refractivity contribution is 5.94. The third-order valence-corrected chi connectivity index (χ3v) is 7.01. The van der Waals surface area contributed by atoms with Gasteiger partial charge in [-0.1, -0.05) is 0 Å². The van der Waals surface area contributed by atoms with Crippen LogP contribution in [0.3, 0.4) is 0 Å². The standard InChI is InChI=1S/C28H29N5O4/c1-19(2)36-27-30-15-21(16-31-27)33-18-28(35-17-26(33)34)10-13-32(14-11-28)20-3-5-22(6-4-20)37-25-9-12-29-24-8-7-23(24)25/h3-9,12,15-16,19H,10-11,13-14,17-18H2,1-2H3. The predicted octanol–water partition coefficient (Wildman–Crippen LogP) is 2.43. The van der Waals surface area contributed by atoms with E-state index in [9.17, 15) is 4.79 Å². The molecule has 2 saturated heterocycles. The van der Waals surface area contributed by atoms with Crippen molar-refractivity contribution in [3.63, 3.8) is 0 Å². The van der Waals surface area contributed by atoms with Crippen molar-refractivity contribution >= 4 is 29.4 Å². The fourth-order valence-electron chi connectivity index (χ4n) is 4.92. The maximum Gasteiger partial charge on any atom is 0.316 e. The summed E-state index contributed by atoms with van der Waals surface area (Å²) in [6.07, 6.45) is 10.7. The zero-order valence-electron chi connectivity index (χ0n) is 21.0. The van der Waals surface area contributed by atoms with E-state index in [1.807, 2.05) is 44.2 Å². The number of ether oxygens (including phenoxy) is 3. The molecule has 3 aromatic rings. The van der Waals surface area contributed by atoms with E-state index in [2.05, 4.69) is 32.0 Å². The van der Waals surface area contributed by atoms with E-state index >= 15 is 0 Å². The highest BCUT2D eigenvalue weighted by Crippen LogP contribution is 2.34. The molecular formula is C28H29N5O4. The van der Waals surface area contributed by atoms with Crippen LogP contribution < -0.4 is 29.8 Å². The molecule has 4 heterocycles. The van der Waals surface area contributed by atoms with Gasteiger partial charge in [0.1, 0.15) is 18.1 Å². The fraction of sp³-hybridized carbons (Fsp3) is 0.357. The molecule has 1 aliphatic carbocycles. The minimum absolute atomic E-state index is 0.0112. The Balaban J connectivity index is 1.09. The Kier molecular flexibility index (Phi) is 6.00. The molecule has 2 aromatic heterocycles. The van der Waals surface area contributed by atoms with Gasteiger partial charge < -0.3 is 24.0 Å². The largest absolute Gasteiger partial charge is 0.461 e. The van der Waals surface area contributed by atoms with Gasteiger partial charge in [0.25, 0.3) is 5.91 Å². The molecule has 0 saturated carbocycles. The number of carbonyl (C=O) groups is 1. The highest BCUT2D eigenvalue weighted by Gasteiger charge is 2.43. The first-order valence-corrected chi connectivity index (χ1v) is 12.6. The number of anilines is 2. The highest BCUT2D eigenvalue weighted by atomic mass is 16.5. The van der Waals surface area contributed by atoms with Crippen LogP contribution in [-0.4, -0.2) is 58.8 Å². The summed E-state index contributed by atoms with van der Waals surface area (Å²) < 4.78 is 17.7. The van der Waals surface area contributed by atoms with Crippen LogP contribution in [0.1, 0.15) is 26.7 Å². The predicted molar refractivity (Wildman–Crippen MR) is 139 cm³/mol. The van der Waals surface area contributed by atoms with Crippen LogP contribution in [-0.2, 0) is 9.53 Å². The summed E-state index contributed by atoms with van der Waals surface area (Å²) in [4.78, 5) is 29.6. The summed E-state index contributed by atoms with van der Waals surface area (Å²) in [5.41, 5.74) is 1.43. The van der Waals surface area contributed by atoms with Gasteiger partial charge in [0, 0.05) is 30.2 Å². The van der Waals surface area contributed by atoms with Gasteiger partial charge in [-0.25, -0.2) is 9.97 Å². The second kappa shape index (κ2) is 9.48. The van der Waals surface area contributed by atoms with Crippen molar-refractivity contribution in [2.75, 3.05) is 36.0 Å². The normalized spacial score (nSPS) is 18.1. The molecule has 2 fully saturated rings. The summed E-state index contributed by atoms with van der Waals surface area (Å²) in [5.74, 6) is 1.54.